The van der Waals surface area contributed by atoms with Gasteiger partial charge in [0.1, 0.15) is 0 Å². The Hall–Kier alpha value is -0.590. The Labute approximate surface area is 57.3 Å². The van der Waals surface area contributed by atoms with Crippen molar-refractivity contribution >= 4 is 6.21 Å². The Balaban J connectivity index is 3.45. The highest BCUT2D eigenvalue weighted by Crippen LogP contribution is 2.03. The second kappa shape index (κ2) is 5.54. The molecule has 0 rings (SSSR count). The van der Waals surface area contributed by atoms with Crippen LogP contribution in [0.5, 0.6) is 0 Å². The van der Waals surface area contributed by atoms with Gasteiger partial charge in [0.05, 0.1) is 0 Å². The number of nitrogens with one attached hydrogen (secondary N) is 1. The summed E-state index contributed by atoms with van der Waals surface area (Å²) in [5, 5.41) is 6.95. The molecule has 52 valence electrons. The van der Waals surface area contributed by atoms with Gasteiger partial charge in [0.25, 0.3) is 0 Å². The molecule has 0 aliphatic carbocycles. The van der Waals surface area contributed by atoms with Crippen LogP contribution in [0.25, 0.3) is 0 Å². The van der Waals surface area contributed by atoms with Gasteiger partial charge in [-0.25, -0.2) is 0 Å². The lowest BCUT2D eigenvalue weighted by Gasteiger charge is -1.95. The standard InChI is InChI=1S/C8H15N/c1-3-5-6-8(4-2)7-9/h4,7,9H,3,5-6H2,1-2H3/b8-4-,9-7?. The van der Waals surface area contributed by atoms with Crippen LogP contribution in [-0.4, -0.2) is 6.21 Å². The topological polar surface area (TPSA) is 23.9 Å². The quantitative estimate of drug-likeness (QED) is 0.559. The van der Waals surface area contributed by atoms with E-state index in [1.54, 1.807) is 0 Å². The van der Waals surface area contributed by atoms with E-state index in [2.05, 4.69) is 6.92 Å². The van der Waals surface area contributed by atoms with Gasteiger partial charge in [-0.05, 0) is 25.3 Å². The molecule has 0 saturated heterocycles. The molecule has 0 aromatic carbocycles. The fourth-order valence-corrected chi connectivity index (χ4v) is 0.681. The van der Waals surface area contributed by atoms with E-state index in [9.17, 15) is 0 Å². The molecule has 0 heterocycles. The molecule has 1 N–H and O–H groups in total. The zero-order valence-corrected chi connectivity index (χ0v) is 6.28. The number of rotatable bonds is 4. The molecule has 0 aromatic heterocycles. The van der Waals surface area contributed by atoms with Crippen LogP contribution in [0.2, 0.25) is 0 Å². The largest absolute Gasteiger partial charge is 0.308 e. The van der Waals surface area contributed by atoms with Gasteiger partial charge in [0.15, 0.2) is 0 Å². The number of hydrogen-bond acceptors (Lipinski definition) is 1. The Bertz CT molecular complexity index is 103. The van der Waals surface area contributed by atoms with Crippen molar-refractivity contribution in [1.29, 1.82) is 5.41 Å². The first-order valence-electron chi connectivity index (χ1n) is 3.50. The maximum Gasteiger partial charge on any atom is 0.0206 e. The van der Waals surface area contributed by atoms with E-state index in [-0.39, 0.29) is 0 Å². The minimum Gasteiger partial charge on any atom is -0.308 e. The maximum absolute atomic E-state index is 6.95. The summed E-state index contributed by atoms with van der Waals surface area (Å²) in [7, 11) is 0. The predicted octanol–water partition coefficient (Wildman–Crippen LogP) is 2.77. The highest BCUT2D eigenvalue weighted by Gasteiger charge is 1.87. The SMILES string of the molecule is C/C=C(\C=N)CCCC. The van der Waals surface area contributed by atoms with E-state index in [0.29, 0.717) is 0 Å². The molecule has 0 spiro atoms. The Morgan fingerprint density at radius 1 is 1.56 bits per heavy atom. The highest BCUT2D eigenvalue weighted by molar-refractivity contribution is 5.75. The summed E-state index contributed by atoms with van der Waals surface area (Å²) < 4.78 is 0. The monoisotopic (exact) mass is 125 g/mol. The summed E-state index contributed by atoms with van der Waals surface area (Å²) in [6, 6.07) is 0. The zero-order valence-electron chi connectivity index (χ0n) is 6.28. The second-order valence-electron chi connectivity index (χ2n) is 2.11. The fraction of sp³-hybridized carbons (Fsp3) is 0.625. The predicted molar refractivity (Wildman–Crippen MR) is 42.1 cm³/mol. The molecule has 9 heavy (non-hydrogen) atoms. The van der Waals surface area contributed by atoms with Crippen molar-refractivity contribution in [3.8, 4) is 0 Å². The fourth-order valence-electron chi connectivity index (χ4n) is 0.681. The molecular weight excluding hydrogens is 110 g/mol. The summed E-state index contributed by atoms with van der Waals surface area (Å²) in [4.78, 5) is 0. The van der Waals surface area contributed by atoms with Gasteiger partial charge in [0, 0.05) is 6.21 Å². The lowest BCUT2D eigenvalue weighted by atomic mass is 10.1. The van der Waals surface area contributed by atoms with E-state index in [1.165, 1.54) is 19.1 Å². The van der Waals surface area contributed by atoms with Crippen LogP contribution in [0.3, 0.4) is 0 Å². The lowest BCUT2D eigenvalue weighted by molar-refractivity contribution is 0.803. The zero-order chi connectivity index (χ0) is 7.11. The van der Waals surface area contributed by atoms with Crippen LogP contribution in [0.4, 0.5) is 0 Å². The highest BCUT2D eigenvalue weighted by atomic mass is 14.3. The van der Waals surface area contributed by atoms with Gasteiger partial charge >= 0.3 is 0 Å². The van der Waals surface area contributed by atoms with Gasteiger partial charge < -0.3 is 5.41 Å². The van der Waals surface area contributed by atoms with Crippen molar-refractivity contribution < 1.29 is 0 Å². The molecule has 0 bridgehead atoms. The van der Waals surface area contributed by atoms with Crippen molar-refractivity contribution in [3.63, 3.8) is 0 Å². The van der Waals surface area contributed by atoms with Gasteiger partial charge in [0.2, 0.25) is 0 Å². The molecule has 0 unspecified atom stereocenters. The third-order valence-electron chi connectivity index (χ3n) is 1.38. The van der Waals surface area contributed by atoms with Gasteiger partial charge in [-0.15, -0.1) is 0 Å². The molecule has 0 aliphatic rings. The van der Waals surface area contributed by atoms with Crippen LogP contribution in [0, 0.1) is 5.41 Å². The van der Waals surface area contributed by atoms with Crippen LogP contribution >= 0.6 is 0 Å². The summed E-state index contributed by atoms with van der Waals surface area (Å²) in [5.74, 6) is 0. The van der Waals surface area contributed by atoms with Crippen molar-refractivity contribution in [2.45, 2.75) is 33.1 Å². The summed E-state index contributed by atoms with van der Waals surface area (Å²) in [5.41, 5.74) is 1.15. The van der Waals surface area contributed by atoms with Crippen molar-refractivity contribution in [1.82, 2.24) is 0 Å². The molecule has 0 aromatic rings. The maximum atomic E-state index is 6.95. The first-order chi connectivity index (χ1) is 4.35. The number of unbranched alkanes of at least 4 members (excludes halogenated alkanes) is 1. The third kappa shape index (κ3) is 3.95. The minimum atomic E-state index is 1.07. The normalized spacial score (nSPS) is 11.6. The second-order valence-corrected chi connectivity index (χ2v) is 2.11. The van der Waals surface area contributed by atoms with E-state index in [0.717, 1.165) is 12.0 Å². The molecule has 0 aliphatic heterocycles. The summed E-state index contributed by atoms with van der Waals surface area (Å²) in [6.45, 7) is 4.15. The number of allylic oxidation sites excluding steroid dienone is 2. The van der Waals surface area contributed by atoms with Crippen LogP contribution in [0.1, 0.15) is 33.1 Å². The first kappa shape index (κ1) is 8.41. The van der Waals surface area contributed by atoms with Crippen LogP contribution < -0.4 is 0 Å². The Morgan fingerprint density at radius 2 is 2.22 bits per heavy atom. The van der Waals surface area contributed by atoms with E-state index in [4.69, 9.17) is 5.41 Å². The molecule has 1 heteroatoms. The molecule has 1 nitrogen and oxygen atoms in total. The summed E-state index contributed by atoms with van der Waals surface area (Å²) >= 11 is 0. The Kier molecular flexibility index (Phi) is 5.18. The molecule has 0 atom stereocenters. The molecular formula is C8H15N. The average Bonchev–Trinajstić information content (AvgIpc) is 1.91. The van der Waals surface area contributed by atoms with E-state index >= 15 is 0 Å². The summed E-state index contributed by atoms with van der Waals surface area (Å²) in [6.07, 6.45) is 6.93. The van der Waals surface area contributed by atoms with Crippen molar-refractivity contribution in [2.24, 2.45) is 0 Å². The van der Waals surface area contributed by atoms with E-state index in [1.807, 2.05) is 13.0 Å². The van der Waals surface area contributed by atoms with Crippen molar-refractivity contribution in [2.75, 3.05) is 0 Å². The van der Waals surface area contributed by atoms with Crippen LogP contribution in [0.15, 0.2) is 11.6 Å². The molecule has 0 saturated carbocycles. The number of hydrogen-bond donors (Lipinski definition) is 1. The Morgan fingerprint density at radius 3 is 2.56 bits per heavy atom. The molecule has 0 fully saturated rings. The van der Waals surface area contributed by atoms with Crippen molar-refractivity contribution in [3.05, 3.63) is 11.6 Å². The minimum absolute atomic E-state index is 1.07. The van der Waals surface area contributed by atoms with Gasteiger partial charge in [-0.3, -0.25) is 0 Å². The lowest BCUT2D eigenvalue weighted by Crippen LogP contribution is -1.82. The first-order valence-corrected chi connectivity index (χ1v) is 3.50. The van der Waals surface area contributed by atoms with Crippen LogP contribution in [-0.2, 0) is 0 Å². The van der Waals surface area contributed by atoms with Gasteiger partial charge in [-0.2, -0.15) is 0 Å². The third-order valence-corrected chi connectivity index (χ3v) is 1.38. The van der Waals surface area contributed by atoms with E-state index < -0.39 is 0 Å². The molecule has 0 radical (unpaired) electrons. The average molecular weight is 125 g/mol. The molecule has 0 amide bonds. The van der Waals surface area contributed by atoms with Gasteiger partial charge in [-0.1, -0.05) is 19.4 Å². The smallest absolute Gasteiger partial charge is 0.0206 e.